The number of nitrogens with zero attached hydrogens (tertiary/aromatic N) is 6. The zero-order valence-corrected chi connectivity index (χ0v) is 21.7. The molecule has 40 heavy (non-hydrogen) atoms. The van der Waals surface area contributed by atoms with Gasteiger partial charge in [0, 0.05) is 37.1 Å². The summed E-state index contributed by atoms with van der Waals surface area (Å²) in [5.74, 6) is -0.587. The summed E-state index contributed by atoms with van der Waals surface area (Å²) in [5, 5.41) is 11.7. The van der Waals surface area contributed by atoms with Gasteiger partial charge in [-0.05, 0) is 30.7 Å². The predicted molar refractivity (Wildman–Crippen MR) is 146 cm³/mol. The highest BCUT2D eigenvalue weighted by molar-refractivity contribution is 6.45. The first-order chi connectivity index (χ1) is 19.4. The summed E-state index contributed by atoms with van der Waals surface area (Å²) in [5.41, 5.74) is 5.35. The maximum atomic E-state index is 13.6. The summed E-state index contributed by atoms with van der Waals surface area (Å²) < 4.78 is 7.00. The molecule has 0 bridgehead atoms. The topological polar surface area (TPSA) is 149 Å². The number of hydrogen-bond donors (Lipinski definition) is 2. The highest BCUT2D eigenvalue weighted by atomic mass is 16.5. The van der Waals surface area contributed by atoms with Crippen LogP contribution in [0.3, 0.4) is 0 Å². The largest absolute Gasteiger partial charge is 0.494 e. The number of ether oxygens (including phenoxy) is 1. The number of aliphatic imine (C=N–C) groups is 1. The van der Waals surface area contributed by atoms with Gasteiger partial charge >= 0.3 is 0 Å². The Morgan fingerprint density at radius 3 is 2.73 bits per heavy atom. The number of carbonyl (C=O) groups excluding carboxylic acids is 2. The van der Waals surface area contributed by atoms with Crippen molar-refractivity contribution in [2.75, 3.05) is 18.7 Å². The standard InChI is InChI=1S/C28H24N8O4/c1-16-32-15-35(33-16)26-24-23(22(40-2)13-31-26)20(12-30-24)25(37)28(39)34-9-8-21-18(14-34)10-17(11-29)27(38)36(21)19-6-4-3-5-7-19/h3-7,10,12-13,15-16,30,33H,8-9,14H2,1-2H3. The fraction of sp³-hybridized carbons (Fsp3) is 0.214. The molecule has 0 saturated carbocycles. The first-order valence-corrected chi connectivity index (χ1v) is 12.6. The molecular formula is C28H24N8O4. The van der Waals surface area contributed by atoms with E-state index in [1.807, 2.05) is 31.2 Å². The van der Waals surface area contributed by atoms with Crippen molar-refractivity contribution >= 4 is 34.7 Å². The Morgan fingerprint density at radius 1 is 1.23 bits per heavy atom. The second-order valence-electron chi connectivity index (χ2n) is 9.47. The van der Waals surface area contributed by atoms with Gasteiger partial charge in [0.1, 0.15) is 29.9 Å². The normalized spacial score (nSPS) is 16.2. The lowest BCUT2D eigenvalue weighted by atomic mass is 10.0. The number of hydrazine groups is 1. The zero-order chi connectivity index (χ0) is 28.0. The van der Waals surface area contributed by atoms with Gasteiger partial charge in [-0.25, -0.2) is 15.4 Å². The maximum Gasteiger partial charge on any atom is 0.295 e. The smallest absolute Gasteiger partial charge is 0.295 e. The fourth-order valence-electron chi connectivity index (χ4n) is 5.17. The number of aromatic nitrogens is 3. The van der Waals surface area contributed by atoms with Crippen LogP contribution in [0.5, 0.6) is 5.75 Å². The molecule has 0 aliphatic carbocycles. The van der Waals surface area contributed by atoms with Crippen LogP contribution in [-0.2, 0) is 17.8 Å². The quantitative estimate of drug-likeness (QED) is 0.291. The van der Waals surface area contributed by atoms with Crippen LogP contribution in [-0.4, -0.2) is 57.3 Å². The fourth-order valence-corrected chi connectivity index (χ4v) is 5.17. The Hall–Kier alpha value is -5.28. The van der Waals surface area contributed by atoms with Gasteiger partial charge in [0.05, 0.1) is 29.8 Å². The number of aromatic amines is 1. The van der Waals surface area contributed by atoms with E-state index in [1.165, 1.54) is 35.0 Å². The molecule has 1 aromatic carbocycles. The number of carbonyl (C=O) groups is 2. The van der Waals surface area contributed by atoms with Gasteiger partial charge in [-0.15, -0.1) is 0 Å². The van der Waals surface area contributed by atoms with E-state index in [2.05, 4.69) is 20.4 Å². The van der Waals surface area contributed by atoms with E-state index in [0.717, 1.165) is 0 Å². The van der Waals surface area contributed by atoms with Crippen molar-refractivity contribution in [2.24, 2.45) is 4.99 Å². The summed E-state index contributed by atoms with van der Waals surface area (Å²) in [6, 6.07) is 12.5. The van der Waals surface area contributed by atoms with Gasteiger partial charge in [-0.1, -0.05) is 18.2 Å². The number of para-hydroxylation sites is 1. The molecule has 0 fully saturated rings. The number of nitriles is 1. The van der Waals surface area contributed by atoms with Crippen LogP contribution in [0.1, 0.15) is 34.1 Å². The minimum Gasteiger partial charge on any atom is -0.494 e. The number of amides is 1. The molecule has 2 aliphatic rings. The summed E-state index contributed by atoms with van der Waals surface area (Å²) >= 11 is 0. The number of Topliss-reactive ketones (excluding diaryl/α,β-unsaturated/α-hetero) is 1. The van der Waals surface area contributed by atoms with Crippen molar-refractivity contribution in [2.45, 2.75) is 26.1 Å². The molecule has 12 nitrogen and oxygen atoms in total. The van der Waals surface area contributed by atoms with Crippen molar-refractivity contribution in [3.8, 4) is 17.5 Å². The molecule has 12 heteroatoms. The van der Waals surface area contributed by atoms with E-state index in [-0.39, 0.29) is 30.4 Å². The van der Waals surface area contributed by atoms with Crippen molar-refractivity contribution in [1.82, 2.24) is 24.9 Å². The molecule has 3 aromatic heterocycles. The Bertz CT molecular complexity index is 1800. The van der Waals surface area contributed by atoms with Crippen LogP contribution in [0.15, 0.2) is 58.6 Å². The van der Waals surface area contributed by atoms with Crippen LogP contribution in [0.25, 0.3) is 16.6 Å². The van der Waals surface area contributed by atoms with Crippen LogP contribution >= 0.6 is 0 Å². The molecule has 1 amide bonds. The number of ketones is 1. The molecule has 4 aromatic rings. The molecule has 0 saturated heterocycles. The molecule has 200 valence electrons. The maximum absolute atomic E-state index is 13.6. The van der Waals surface area contributed by atoms with Gasteiger partial charge in [-0.2, -0.15) is 5.26 Å². The number of benzene rings is 1. The van der Waals surface area contributed by atoms with E-state index in [0.29, 0.717) is 45.8 Å². The molecule has 5 heterocycles. The summed E-state index contributed by atoms with van der Waals surface area (Å²) in [6.07, 6.45) is 4.77. The molecule has 1 unspecified atom stereocenters. The van der Waals surface area contributed by atoms with Crippen LogP contribution in [0.2, 0.25) is 0 Å². The van der Waals surface area contributed by atoms with E-state index in [9.17, 15) is 19.6 Å². The lowest BCUT2D eigenvalue weighted by Crippen LogP contribution is -2.42. The highest BCUT2D eigenvalue weighted by Gasteiger charge is 2.32. The monoisotopic (exact) mass is 536 g/mol. The number of fused-ring (bicyclic) bond motifs is 2. The minimum atomic E-state index is -0.710. The zero-order valence-electron chi connectivity index (χ0n) is 21.7. The van der Waals surface area contributed by atoms with E-state index < -0.39 is 17.2 Å². The van der Waals surface area contributed by atoms with E-state index in [4.69, 9.17) is 4.74 Å². The summed E-state index contributed by atoms with van der Waals surface area (Å²) in [6.45, 7) is 2.20. The molecule has 0 spiro atoms. The second kappa shape index (κ2) is 9.79. The number of methoxy groups -OCH3 is 1. The van der Waals surface area contributed by atoms with Crippen molar-refractivity contribution in [3.05, 3.63) is 81.5 Å². The molecular weight excluding hydrogens is 512 g/mol. The van der Waals surface area contributed by atoms with Gasteiger partial charge in [0.2, 0.25) is 0 Å². The molecule has 2 aliphatic heterocycles. The summed E-state index contributed by atoms with van der Waals surface area (Å²) in [7, 11) is 1.47. The Balaban J connectivity index is 1.35. The first-order valence-electron chi connectivity index (χ1n) is 12.6. The van der Waals surface area contributed by atoms with Gasteiger partial charge < -0.3 is 14.6 Å². The first kappa shape index (κ1) is 25.0. The van der Waals surface area contributed by atoms with E-state index >= 15 is 0 Å². The Kier molecular flexibility index (Phi) is 6.13. The van der Waals surface area contributed by atoms with Crippen molar-refractivity contribution in [3.63, 3.8) is 0 Å². The van der Waals surface area contributed by atoms with Gasteiger partial charge in [0.15, 0.2) is 5.82 Å². The van der Waals surface area contributed by atoms with Crippen LogP contribution in [0, 0.1) is 11.3 Å². The number of nitrogens with one attached hydrogen (secondary N) is 2. The number of anilines is 1. The SMILES string of the molecule is COc1cnc(N2C=NC(C)N2)c2[nH]cc(C(=O)C(=O)N3CCc4c(cc(C#N)c(=O)n4-c4ccccc4)C3)c12. The van der Waals surface area contributed by atoms with Crippen molar-refractivity contribution < 1.29 is 14.3 Å². The van der Waals surface area contributed by atoms with Crippen LogP contribution in [0.4, 0.5) is 5.82 Å². The third-order valence-electron chi connectivity index (χ3n) is 7.07. The third kappa shape index (κ3) is 4.00. The van der Waals surface area contributed by atoms with E-state index in [1.54, 1.807) is 23.5 Å². The lowest BCUT2D eigenvalue weighted by Gasteiger charge is -2.30. The van der Waals surface area contributed by atoms with Gasteiger partial charge in [0.25, 0.3) is 17.2 Å². The minimum absolute atomic E-state index is 0.0296. The molecule has 1 atom stereocenters. The number of pyridine rings is 2. The third-order valence-corrected chi connectivity index (χ3v) is 7.07. The predicted octanol–water partition coefficient (Wildman–Crippen LogP) is 2.06. The highest BCUT2D eigenvalue weighted by Crippen LogP contribution is 2.34. The Morgan fingerprint density at radius 2 is 2.02 bits per heavy atom. The lowest BCUT2D eigenvalue weighted by molar-refractivity contribution is -0.127. The molecule has 2 N–H and O–H groups in total. The summed E-state index contributed by atoms with van der Waals surface area (Å²) in [4.78, 5) is 53.4. The van der Waals surface area contributed by atoms with Crippen molar-refractivity contribution in [1.29, 1.82) is 5.26 Å². The average Bonchev–Trinajstić information content (AvgIpc) is 3.62. The number of H-pyrrole nitrogens is 1. The number of hydrogen-bond acceptors (Lipinski definition) is 9. The Labute approximate surface area is 228 Å². The molecule has 6 rings (SSSR count). The second-order valence-corrected chi connectivity index (χ2v) is 9.47. The molecule has 0 radical (unpaired) electrons. The van der Waals surface area contributed by atoms with Crippen LogP contribution < -0.4 is 20.7 Å². The average molecular weight is 537 g/mol. The number of rotatable bonds is 5. The van der Waals surface area contributed by atoms with Gasteiger partial charge in [-0.3, -0.25) is 23.9 Å².